The summed E-state index contributed by atoms with van der Waals surface area (Å²) in [5.41, 5.74) is -0.0265. The molecular weight excluding hydrogens is 260 g/mol. The van der Waals surface area contributed by atoms with Crippen molar-refractivity contribution in [3.05, 3.63) is 30.0 Å². The van der Waals surface area contributed by atoms with E-state index < -0.39 is 5.97 Å². The van der Waals surface area contributed by atoms with Gasteiger partial charge in [-0.1, -0.05) is 5.21 Å². The highest BCUT2D eigenvalue weighted by molar-refractivity contribution is 5.84. The number of aryl methyl sites for hydroxylation is 1. The molecule has 104 valence electrons. The molecular formula is C12H14N6O2. The smallest absolute Gasteiger partial charge is 0.358 e. The van der Waals surface area contributed by atoms with Gasteiger partial charge in [-0.15, -0.1) is 5.10 Å². The minimum absolute atomic E-state index is 0.0265. The third-order valence-electron chi connectivity index (χ3n) is 3.35. The van der Waals surface area contributed by atoms with Gasteiger partial charge in [0.05, 0.1) is 12.2 Å². The number of nitrogens with zero attached hydrogens (tertiary/aromatic N) is 6. The third kappa shape index (κ3) is 2.31. The number of aromatic nitrogens is 5. The summed E-state index contributed by atoms with van der Waals surface area (Å²) in [7, 11) is 0. The first-order chi connectivity index (χ1) is 9.63. The number of aromatic carboxylic acids is 1. The van der Waals surface area contributed by atoms with E-state index in [4.69, 9.17) is 5.11 Å². The maximum Gasteiger partial charge on any atom is 0.358 e. The molecule has 0 saturated carbocycles. The van der Waals surface area contributed by atoms with E-state index in [1.165, 1.54) is 6.20 Å². The fourth-order valence-corrected chi connectivity index (χ4v) is 2.34. The second-order valence-electron chi connectivity index (χ2n) is 4.74. The van der Waals surface area contributed by atoms with Gasteiger partial charge in [0.25, 0.3) is 0 Å². The SMILES string of the molecule is Cc1nccc(N2CCC(n3cc(C(=O)O)nn3)C2)n1. The number of carboxylic acid groups (broad SMARTS) is 1. The normalized spacial score (nSPS) is 18.4. The summed E-state index contributed by atoms with van der Waals surface area (Å²) in [5.74, 6) is 0.566. The Kier molecular flexibility index (Phi) is 3.05. The highest BCUT2D eigenvalue weighted by atomic mass is 16.4. The Labute approximate surface area is 115 Å². The number of hydrogen-bond acceptors (Lipinski definition) is 6. The van der Waals surface area contributed by atoms with E-state index in [1.807, 2.05) is 13.0 Å². The summed E-state index contributed by atoms with van der Waals surface area (Å²) in [5, 5.41) is 16.4. The van der Waals surface area contributed by atoms with Gasteiger partial charge < -0.3 is 10.0 Å². The maximum atomic E-state index is 10.8. The second-order valence-corrected chi connectivity index (χ2v) is 4.74. The van der Waals surface area contributed by atoms with Crippen LogP contribution in [0.15, 0.2) is 18.5 Å². The average Bonchev–Trinajstić information content (AvgIpc) is 3.08. The van der Waals surface area contributed by atoms with Gasteiger partial charge in [-0.05, 0) is 19.4 Å². The summed E-state index contributed by atoms with van der Waals surface area (Å²) in [4.78, 5) is 21.4. The molecule has 3 heterocycles. The van der Waals surface area contributed by atoms with Gasteiger partial charge in [0.15, 0.2) is 5.69 Å². The van der Waals surface area contributed by atoms with E-state index in [0.717, 1.165) is 31.2 Å². The van der Waals surface area contributed by atoms with Crippen LogP contribution in [0.1, 0.15) is 28.8 Å². The van der Waals surface area contributed by atoms with Crippen LogP contribution in [0, 0.1) is 6.92 Å². The lowest BCUT2D eigenvalue weighted by Crippen LogP contribution is -2.22. The van der Waals surface area contributed by atoms with Crippen LogP contribution >= 0.6 is 0 Å². The topological polar surface area (TPSA) is 97.0 Å². The van der Waals surface area contributed by atoms with Crippen molar-refractivity contribution in [2.45, 2.75) is 19.4 Å². The molecule has 0 aliphatic carbocycles. The van der Waals surface area contributed by atoms with Crippen LogP contribution in [0.4, 0.5) is 5.82 Å². The molecule has 0 aromatic carbocycles. The monoisotopic (exact) mass is 274 g/mol. The predicted octanol–water partition coefficient (Wildman–Crippen LogP) is 0.526. The third-order valence-corrected chi connectivity index (χ3v) is 3.35. The van der Waals surface area contributed by atoms with Crippen molar-refractivity contribution in [3.63, 3.8) is 0 Å². The molecule has 3 rings (SSSR count). The Balaban J connectivity index is 1.74. The fraction of sp³-hybridized carbons (Fsp3) is 0.417. The van der Waals surface area contributed by atoms with E-state index in [0.29, 0.717) is 0 Å². The van der Waals surface area contributed by atoms with Crippen LogP contribution in [-0.2, 0) is 0 Å². The zero-order chi connectivity index (χ0) is 14.1. The van der Waals surface area contributed by atoms with Crippen LogP contribution in [0.3, 0.4) is 0 Å². The quantitative estimate of drug-likeness (QED) is 0.871. The Hall–Kier alpha value is -2.51. The Bertz CT molecular complexity index is 640. The van der Waals surface area contributed by atoms with Crippen LogP contribution in [0.25, 0.3) is 0 Å². The van der Waals surface area contributed by atoms with Gasteiger partial charge in [0, 0.05) is 19.3 Å². The van der Waals surface area contributed by atoms with Crippen molar-refractivity contribution in [1.29, 1.82) is 0 Å². The lowest BCUT2D eigenvalue weighted by Gasteiger charge is -2.17. The van der Waals surface area contributed by atoms with Gasteiger partial charge in [-0.2, -0.15) is 0 Å². The lowest BCUT2D eigenvalue weighted by molar-refractivity contribution is 0.0690. The first kappa shape index (κ1) is 12.5. The van der Waals surface area contributed by atoms with E-state index >= 15 is 0 Å². The zero-order valence-corrected chi connectivity index (χ0v) is 11.0. The van der Waals surface area contributed by atoms with Crippen molar-refractivity contribution in [2.24, 2.45) is 0 Å². The average molecular weight is 274 g/mol. The number of carboxylic acids is 1. The Morgan fingerprint density at radius 3 is 3.05 bits per heavy atom. The number of rotatable bonds is 3. The van der Waals surface area contributed by atoms with Gasteiger partial charge in [-0.25, -0.2) is 19.4 Å². The second kappa shape index (κ2) is 4.87. The molecule has 0 amide bonds. The summed E-state index contributed by atoms with van der Waals surface area (Å²) in [6, 6.07) is 1.99. The summed E-state index contributed by atoms with van der Waals surface area (Å²) >= 11 is 0. The highest BCUT2D eigenvalue weighted by Gasteiger charge is 2.26. The molecule has 2 aromatic rings. The lowest BCUT2D eigenvalue weighted by atomic mass is 10.3. The predicted molar refractivity (Wildman–Crippen MR) is 69.6 cm³/mol. The Morgan fingerprint density at radius 2 is 2.35 bits per heavy atom. The molecule has 1 aliphatic rings. The molecule has 20 heavy (non-hydrogen) atoms. The molecule has 0 spiro atoms. The molecule has 1 N–H and O–H groups in total. The molecule has 1 unspecified atom stereocenters. The van der Waals surface area contributed by atoms with E-state index in [1.54, 1.807) is 10.9 Å². The largest absolute Gasteiger partial charge is 0.476 e. The molecule has 2 aromatic heterocycles. The first-order valence-corrected chi connectivity index (χ1v) is 6.33. The standard InChI is InChI=1S/C12H14N6O2/c1-8-13-4-2-11(14-8)17-5-3-9(6-17)18-7-10(12(19)20)15-16-18/h2,4,7,9H,3,5-6H2,1H3,(H,19,20). The van der Waals surface area contributed by atoms with Gasteiger partial charge in [-0.3, -0.25) is 0 Å². The van der Waals surface area contributed by atoms with Crippen LogP contribution in [0.5, 0.6) is 0 Å². The fourth-order valence-electron chi connectivity index (χ4n) is 2.34. The molecule has 1 saturated heterocycles. The zero-order valence-electron chi connectivity index (χ0n) is 11.0. The molecule has 1 aliphatic heterocycles. The molecule has 8 heteroatoms. The number of carbonyl (C=O) groups is 1. The summed E-state index contributed by atoms with van der Waals surface area (Å²) in [6.07, 6.45) is 4.09. The maximum absolute atomic E-state index is 10.8. The minimum Gasteiger partial charge on any atom is -0.476 e. The van der Waals surface area contributed by atoms with Crippen molar-refractivity contribution in [1.82, 2.24) is 25.0 Å². The van der Waals surface area contributed by atoms with Crippen molar-refractivity contribution < 1.29 is 9.90 Å². The van der Waals surface area contributed by atoms with Gasteiger partial charge in [0.2, 0.25) is 0 Å². The van der Waals surface area contributed by atoms with Crippen LogP contribution in [-0.4, -0.2) is 49.1 Å². The molecule has 0 bridgehead atoms. The number of anilines is 1. The Morgan fingerprint density at radius 1 is 1.50 bits per heavy atom. The highest BCUT2D eigenvalue weighted by Crippen LogP contribution is 2.24. The number of hydrogen-bond donors (Lipinski definition) is 1. The first-order valence-electron chi connectivity index (χ1n) is 6.33. The van der Waals surface area contributed by atoms with Gasteiger partial charge >= 0.3 is 5.97 Å². The molecule has 8 nitrogen and oxygen atoms in total. The van der Waals surface area contributed by atoms with Crippen molar-refractivity contribution in [3.8, 4) is 0 Å². The molecule has 1 atom stereocenters. The van der Waals surface area contributed by atoms with Crippen molar-refractivity contribution in [2.75, 3.05) is 18.0 Å². The van der Waals surface area contributed by atoms with Crippen LogP contribution in [0.2, 0.25) is 0 Å². The molecule has 0 radical (unpaired) electrons. The minimum atomic E-state index is -1.06. The van der Waals surface area contributed by atoms with E-state index in [-0.39, 0.29) is 11.7 Å². The molecule has 1 fully saturated rings. The van der Waals surface area contributed by atoms with Crippen molar-refractivity contribution >= 4 is 11.8 Å². The summed E-state index contributed by atoms with van der Waals surface area (Å²) in [6.45, 7) is 3.44. The summed E-state index contributed by atoms with van der Waals surface area (Å²) < 4.78 is 1.62. The van der Waals surface area contributed by atoms with Gasteiger partial charge in [0.1, 0.15) is 11.6 Å². The van der Waals surface area contributed by atoms with Crippen LogP contribution < -0.4 is 4.90 Å². The van der Waals surface area contributed by atoms with E-state index in [2.05, 4.69) is 25.2 Å². The van der Waals surface area contributed by atoms with E-state index in [9.17, 15) is 4.79 Å².